The zero-order valence-electron chi connectivity index (χ0n) is 11.2. The molecule has 0 atom stereocenters. The second-order valence-electron chi connectivity index (χ2n) is 4.15. The average Bonchev–Trinajstić information content (AvgIpc) is 2.39. The van der Waals surface area contributed by atoms with Gasteiger partial charge in [0.05, 0.1) is 13.7 Å². The summed E-state index contributed by atoms with van der Waals surface area (Å²) in [7, 11) is 3.56. The van der Waals surface area contributed by atoms with E-state index < -0.39 is 0 Å². The molecule has 0 saturated heterocycles. The lowest BCUT2D eigenvalue weighted by atomic mass is 10.2. The Kier molecular flexibility index (Phi) is 7.22. The van der Waals surface area contributed by atoms with Gasteiger partial charge in [0.25, 0.3) is 0 Å². The molecule has 4 nitrogen and oxygen atoms in total. The van der Waals surface area contributed by atoms with E-state index in [4.69, 9.17) is 14.6 Å². The summed E-state index contributed by atoms with van der Waals surface area (Å²) in [5, 5.41) is 11.8. The van der Waals surface area contributed by atoms with Crippen molar-refractivity contribution >= 4 is 0 Å². The zero-order chi connectivity index (χ0) is 13.2. The Hall–Kier alpha value is -1.26. The van der Waals surface area contributed by atoms with Gasteiger partial charge >= 0.3 is 0 Å². The molecule has 0 fully saturated rings. The molecule has 2 N–H and O–H groups in total. The summed E-state index contributed by atoms with van der Waals surface area (Å²) in [6.45, 7) is 1.71. The Bertz CT molecular complexity index is 342. The van der Waals surface area contributed by atoms with Crippen molar-refractivity contribution in [1.29, 1.82) is 0 Å². The van der Waals surface area contributed by atoms with E-state index in [0.717, 1.165) is 37.3 Å². The highest BCUT2D eigenvalue weighted by atomic mass is 16.5. The van der Waals surface area contributed by atoms with Gasteiger partial charge in [-0.3, -0.25) is 0 Å². The van der Waals surface area contributed by atoms with Crippen LogP contribution < -0.4 is 14.8 Å². The number of benzene rings is 1. The molecule has 0 amide bonds. The predicted molar refractivity (Wildman–Crippen MR) is 72.2 cm³/mol. The molecule has 0 aromatic heterocycles. The number of rotatable bonds is 9. The van der Waals surface area contributed by atoms with Gasteiger partial charge in [0.15, 0.2) is 11.5 Å². The van der Waals surface area contributed by atoms with Crippen molar-refractivity contribution < 1.29 is 14.6 Å². The van der Waals surface area contributed by atoms with Crippen LogP contribution >= 0.6 is 0 Å². The maximum Gasteiger partial charge on any atom is 0.161 e. The van der Waals surface area contributed by atoms with Crippen molar-refractivity contribution in [2.24, 2.45) is 0 Å². The van der Waals surface area contributed by atoms with Crippen LogP contribution in [-0.2, 0) is 6.54 Å². The van der Waals surface area contributed by atoms with Crippen LogP contribution in [0.15, 0.2) is 18.2 Å². The highest BCUT2D eigenvalue weighted by Gasteiger charge is 2.05. The molecule has 0 unspecified atom stereocenters. The third-order valence-electron chi connectivity index (χ3n) is 2.67. The third-order valence-corrected chi connectivity index (χ3v) is 2.67. The minimum atomic E-state index is 0.251. The number of hydrogen-bond acceptors (Lipinski definition) is 4. The summed E-state index contributed by atoms with van der Waals surface area (Å²) in [6, 6.07) is 5.95. The number of unbranched alkanes of at least 4 members (excludes halogenated alkanes) is 2. The molecular formula is C14H23NO3. The fourth-order valence-electron chi connectivity index (χ4n) is 1.72. The minimum absolute atomic E-state index is 0.251. The highest BCUT2D eigenvalue weighted by molar-refractivity contribution is 5.42. The van der Waals surface area contributed by atoms with E-state index in [-0.39, 0.29) is 6.61 Å². The fourth-order valence-corrected chi connectivity index (χ4v) is 1.72. The topological polar surface area (TPSA) is 50.7 Å². The summed E-state index contributed by atoms with van der Waals surface area (Å²) < 4.78 is 11.0. The Morgan fingerprint density at radius 1 is 1.17 bits per heavy atom. The van der Waals surface area contributed by atoms with Gasteiger partial charge in [-0.2, -0.15) is 0 Å². The maximum atomic E-state index is 8.69. The largest absolute Gasteiger partial charge is 0.493 e. The van der Waals surface area contributed by atoms with Crippen molar-refractivity contribution in [3.63, 3.8) is 0 Å². The summed E-state index contributed by atoms with van der Waals surface area (Å²) in [4.78, 5) is 0. The fraction of sp³-hybridized carbons (Fsp3) is 0.571. The van der Waals surface area contributed by atoms with Crippen molar-refractivity contribution in [1.82, 2.24) is 5.32 Å². The van der Waals surface area contributed by atoms with Gasteiger partial charge in [-0.15, -0.1) is 0 Å². The first-order valence-corrected chi connectivity index (χ1v) is 6.37. The molecule has 1 rings (SSSR count). The third kappa shape index (κ3) is 4.94. The summed E-state index contributed by atoms with van der Waals surface area (Å²) in [5.41, 5.74) is 1.17. The monoisotopic (exact) mass is 253 g/mol. The Labute approximate surface area is 109 Å². The first-order valence-electron chi connectivity index (χ1n) is 6.37. The van der Waals surface area contributed by atoms with Crippen LogP contribution in [0.5, 0.6) is 11.5 Å². The molecule has 0 spiro atoms. The number of aliphatic hydroxyl groups excluding tert-OH is 1. The normalized spacial score (nSPS) is 10.4. The molecule has 0 radical (unpaired) electrons. The number of nitrogens with one attached hydrogen (secondary N) is 1. The lowest BCUT2D eigenvalue weighted by molar-refractivity contribution is 0.260. The number of aliphatic hydroxyl groups is 1. The van der Waals surface area contributed by atoms with Crippen LogP contribution in [-0.4, -0.2) is 32.5 Å². The molecule has 0 aliphatic heterocycles. The number of methoxy groups -OCH3 is 1. The van der Waals surface area contributed by atoms with E-state index in [1.165, 1.54) is 5.56 Å². The lowest BCUT2D eigenvalue weighted by Gasteiger charge is -2.12. The lowest BCUT2D eigenvalue weighted by Crippen LogP contribution is -2.06. The quantitative estimate of drug-likeness (QED) is 0.661. The summed E-state index contributed by atoms with van der Waals surface area (Å²) in [5.74, 6) is 1.55. The Morgan fingerprint density at radius 2 is 2.00 bits per heavy atom. The molecule has 0 bridgehead atoms. The zero-order valence-corrected chi connectivity index (χ0v) is 11.2. The standard InChI is InChI=1S/C14H23NO3/c1-15-11-12-6-7-13(17-2)14(10-12)18-9-5-3-4-8-16/h6-7,10,15-16H,3-5,8-9,11H2,1-2H3. The highest BCUT2D eigenvalue weighted by Crippen LogP contribution is 2.28. The molecule has 1 aromatic rings. The Morgan fingerprint density at radius 3 is 2.67 bits per heavy atom. The number of ether oxygens (including phenoxy) is 2. The van der Waals surface area contributed by atoms with Crippen LogP contribution in [0.4, 0.5) is 0 Å². The van der Waals surface area contributed by atoms with Gasteiger partial charge in [-0.1, -0.05) is 6.07 Å². The first kappa shape index (κ1) is 14.8. The van der Waals surface area contributed by atoms with Crippen molar-refractivity contribution in [2.75, 3.05) is 27.4 Å². The van der Waals surface area contributed by atoms with E-state index in [1.807, 2.05) is 25.2 Å². The second-order valence-corrected chi connectivity index (χ2v) is 4.15. The molecule has 102 valence electrons. The second kappa shape index (κ2) is 8.78. The number of hydrogen-bond donors (Lipinski definition) is 2. The average molecular weight is 253 g/mol. The van der Waals surface area contributed by atoms with Gasteiger partial charge in [0.2, 0.25) is 0 Å². The van der Waals surface area contributed by atoms with Crippen molar-refractivity contribution in [2.45, 2.75) is 25.8 Å². The van der Waals surface area contributed by atoms with E-state index in [2.05, 4.69) is 5.32 Å². The van der Waals surface area contributed by atoms with Gasteiger partial charge < -0.3 is 19.9 Å². The molecule has 18 heavy (non-hydrogen) atoms. The van der Waals surface area contributed by atoms with Crippen molar-refractivity contribution in [3.05, 3.63) is 23.8 Å². The molecule has 1 aromatic carbocycles. The molecule has 0 aliphatic rings. The van der Waals surface area contributed by atoms with Gasteiger partial charge in [0, 0.05) is 13.2 Å². The minimum Gasteiger partial charge on any atom is -0.493 e. The van der Waals surface area contributed by atoms with Crippen LogP contribution in [0.2, 0.25) is 0 Å². The van der Waals surface area contributed by atoms with Gasteiger partial charge in [-0.25, -0.2) is 0 Å². The van der Waals surface area contributed by atoms with E-state index in [0.29, 0.717) is 6.61 Å². The smallest absolute Gasteiger partial charge is 0.161 e. The molecule has 0 aliphatic carbocycles. The van der Waals surface area contributed by atoms with Crippen LogP contribution in [0.25, 0.3) is 0 Å². The predicted octanol–water partition coefficient (Wildman–Crippen LogP) is 1.96. The van der Waals surface area contributed by atoms with Gasteiger partial charge in [0.1, 0.15) is 0 Å². The molecule has 0 saturated carbocycles. The SMILES string of the molecule is CNCc1ccc(OC)c(OCCCCCO)c1. The van der Waals surface area contributed by atoms with Gasteiger partial charge in [-0.05, 0) is 44.0 Å². The van der Waals surface area contributed by atoms with Crippen LogP contribution in [0, 0.1) is 0 Å². The Balaban J connectivity index is 2.52. The van der Waals surface area contributed by atoms with E-state index in [1.54, 1.807) is 7.11 Å². The van der Waals surface area contributed by atoms with E-state index in [9.17, 15) is 0 Å². The molecule has 4 heteroatoms. The van der Waals surface area contributed by atoms with E-state index >= 15 is 0 Å². The molecule has 0 heterocycles. The summed E-state index contributed by atoms with van der Waals surface area (Å²) in [6.07, 6.45) is 2.76. The van der Waals surface area contributed by atoms with Crippen LogP contribution in [0.3, 0.4) is 0 Å². The summed E-state index contributed by atoms with van der Waals surface area (Å²) >= 11 is 0. The molecular weight excluding hydrogens is 230 g/mol. The maximum absolute atomic E-state index is 8.69. The van der Waals surface area contributed by atoms with Crippen LogP contribution in [0.1, 0.15) is 24.8 Å². The van der Waals surface area contributed by atoms with Crippen molar-refractivity contribution in [3.8, 4) is 11.5 Å². The first-order chi connectivity index (χ1) is 8.81.